The van der Waals surface area contributed by atoms with Gasteiger partial charge in [0, 0.05) is 35.3 Å². The number of hydrogen-bond donors (Lipinski definition) is 2. The molecule has 164 valence electrons. The van der Waals surface area contributed by atoms with Crippen LogP contribution in [-0.2, 0) is 20.7 Å². The number of carbonyl (C=O) groups is 2. The number of hydrogen-bond acceptors (Lipinski definition) is 5. The van der Waals surface area contributed by atoms with Gasteiger partial charge in [-0.25, -0.2) is 0 Å². The SMILES string of the molecule is CCOc1ccc(NC(=O)COC(=O)CCCc2c[nH]c3ccccc23)cc1OCC. The third-order valence-corrected chi connectivity index (χ3v) is 4.69. The average molecular weight is 424 g/mol. The van der Waals surface area contributed by atoms with Crippen molar-refractivity contribution in [2.45, 2.75) is 33.1 Å². The van der Waals surface area contributed by atoms with E-state index in [1.807, 2.05) is 38.2 Å². The fourth-order valence-corrected chi connectivity index (χ4v) is 3.31. The van der Waals surface area contributed by atoms with Gasteiger partial charge in [-0.05, 0) is 50.5 Å². The average Bonchev–Trinajstić information content (AvgIpc) is 3.18. The van der Waals surface area contributed by atoms with Gasteiger partial charge in [0.15, 0.2) is 18.1 Å². The molecule has 0 unspecified atom stereocenters. The lowest BCUT2D eigenvalue weighted by Crippen LogP contribution is -2.20. The number of benzene rings is 2. The maximum atomic E-state index is 12.1. The van der Waals surface area contributed by atoms with Gasteiger partial charge in [0.1, 0.15) is 0 Å². The molecule has 0 atom stereocenters. The molecule has 0 bridgehead atoms. The highest BCUT2D eigenvalue weighted by molar-refractivity contribution is 5.93. The molecular formula is C24H28N2O5. The van der Waals surface area contributed by atoms with E-state index < -0.39 is 11.9 Å². The van der Waals surface area contributed by atoms with Crippen LogP contribution in [0.5, 0.6) is 11.5 Å². The number of para-hydroxylation sites is 1. The third-order valence-electron chi connectivity index (χ3n) is 4.69. The van der Waals surface area contributed by atoms with Crippen molar-refractivity contribution in [3.05, 3.63) is 54.2 Å². The zero-order chi connectivity index (χ0) is 22.1. The minimum atomic E-state index is -0.406. The Balaban J connectivity index is 1.42. The molecule has 7 heteroatoms. The van der Waals surface area contributed by atoms with Gasteiger partial charge in [0.05, 0.1) is 13.2 Å². The number of aromatic amines is 1. The molecule has 1 aromatic heterocycles. The van der Waals surface area contributed by atoms with E-state index in [9.17, 15) is 9.59 Å². The van der Waals surface area contributed by atoms with E-state index in [2.05, 4.69) is 16.4 Å². The van der Waals surface area contributed by atoms with Gasteiger partial charge in [0.2, 0.25) is 0 Å². The van der Waals surface area contributed by atoms with E-state index in [4.69, 9.17) is 14.2 Å². The quantitative estimate of drug-likeness (QED) is 0.443. The van der Waals surface area contributed by atoms with Crippen molar-refractivity contribution in [1.29, 1.82) is 0 Å². The van der Waals surface area contributed by atoms with Gasteiger partial charge in [-0.15, -0.1) is 0 Å². The highest BCUT2D eigenvalue weighted by Crippen LogP contribution is 2.30. The molecule has 0 aliphatic rings. The summed E-state index contributed by atoms with van der Waals surface area (Å²) in [4.78, 5) is 27.4. The van der Waals surface area contributed by atoms with E-state index in [1.165, 1.54) is 5.56 Å². The topological polar surface area (TPSA) is 89.6 Å². The Hall–Kier alpha value is -3.48. The molecule has 1 amide bonds. The van der Waals surface area contributed by atoms with Gasteiger partial charge in [-0.2, -0.15) is 0 Å². The Morgan fingerprint density at radius 1 is 1.00 bits per heavy atom. The van der Waals surface area contributed by atoms with Gasteiger partial charge in [-0.3, -0.25) is 9.59 Å². The summed E-state index contributed by atoms with van der Waals surface area (Å²) in [6, 6.07) is 13.2. The first-order chi connectivity index (χ1) is 15.1. The number of rotatable bonds is 11. The summed E-state index contributed by atoms with van der Waals surface area (Å²) in [7, 11) is 0. The minimum Gasteiger partial charge on any atom is -0.490 e. The Morgan fingerprint density at radius 3 is 2.58 bits per heavy atom. The maximum Gasteiger partial charge on any atom is 0.306 e. The molecule has 0 radical (unpaired) electrons. The number of anilines is 1. The Labute approximate surface area is 181 Å². The van der Waals surface area contributed by atoms with Gasteiger partial charge in [-0.1, -0.05) is 18.2 Å². The van der Waals surface area contributed by atoms with Crippen LogP contribution in [0.15, 0.2) is 48.7 Å². The summed E-state index contributed by atoms with van der Waals surface area (Å²) >= 11 is 0. The van der Waals surface area contributed by atoms with Crippen LogP contribution in [0.4, 0.5) is 5.69 Å². The van der Waals surface area contributed by atoms with Gasteiger partial charge < -0.3 is 24.5 Å². The Morgan fingerprint density at radius 2 is 1.77 bits per heavy atom. The molecule has 0 fully saturated rings. The molecule has 0 saturated carbocycles. The van der Waals surface area contributed by atoms with Crippen LogP contribution in [0.3, 0.4) is 0 Å². The second-order valence-corrected chi connectivity index (χ2v) is 6.95. The molecule has 0 aliphatic heterocycles. The number of carbonyl (C=O) groups excluding carboxylic acids is 2. The number of nitrogens with one attached hydrogen (secondary N) is 2. The van der Waals surface area contributed by atoms with Crippen molar-refractivity contribution in [2.24, 2.45) is 0 Å². The first-order valence-corrected chi connectivity index (χ1v) is 10.5. The van der Waals surface area contributed by atoms with E-state index in [0.717, 1.165) is 17.3 Å². The molecule has 7 nitrogen and oxygen atoms in total. The van der Waals surface area contributed by atoms with Crippen LogP contribution in [0, 0.1) is 0 Å². The van der Waals surface area contributed by atoms with E-state index >= 15 is 0 Å². The zero-order valence-corrected chi connectivity index (χ0v) is 17.9. The van der Waals surface area contributed by atoms with Crippen LogP contribution in [0.2, 0.25) is 0 Å². The van der Waals surface area contributed by atoms with Crippen LogP contribution in [0.25, 0.3) is 10.9 Å². The van der Waals surface area contributed by atoms with Crippen LogP contribution in [0.1, 0.15) is 32.3 Å². The second-order valence-electron chi connectivity index (χ2n) is 6.95. The first-order valence-electron chi connectivity index (χ1n) is 10.5. The summed E-state index contributed by atoms with van der Waals surface area (Å²) in [5, 5.41) is 3.87. The number of fused-ring (bicyclic) bond motifs is 1. The number of H-pyrrole nitrogens is 1. The van der Waals surface area contributed by atoms with Crippen LogP contribution < -0.4 is 14.8 Å². The van der Waals surface area contributed by atoms with Crippen molar-refractivity contribution >= 4 is 28.5 Å². The standard InChI is InChI=1S/C24H28N2O5/c1-3-29-21-13-12-18(14-22(21)30-4-2)26-23(27)16-31-24(28)11-7-8-17-15-25-20-10-6-5-9-19(17)20/h5-6,9-10,12-15,25H,3-4,7-8,11,16H2,1-2H3,(H,26,27). The fraction of sp³-hybridized carbons (Fsp3) is 0.333. The molecule has 1 heterocycles. The summed E-state index contributed by atoms with van der Waals surface area (Å²) in [6.45, 7) is 4.43. The van der Waals surface area contributed by atoms with Crippen molar-refractivity contribution < 1.29 is 23.8 Å². The molecule has 2 N–H and O–H groups in total. The summed E-state index contributed by atoms with van der Waals surface area (Å²) in [5.74, 6) is 0.369. The van der Waals surface area contributed by atoms with Crippen molar-refractivity contribution in [1.82, 2.24) is 4.98 Å². The summed E-state index contributed by atoms with van der Waals surface area (Å²) in [6.07, 6.45) is 3.64. The first kappa shape index (κ1) is 22.2. The summed E-state index contributed by atoms with van der Waals surface area (Å²) in [5.41, 5.74) is 2.80. The second kappa shape index (κ2) is 11.1. The number of amides is 1. The predicted octanol–water partition coefficient (Wildman–Crippen LogP) is 4.47. The normalized spacial score (nSPS) is 10.6. The monoisotopic (exact) mass is 424 g/mol. The van der Waals surface area contributed by atoms with Gasteiger partial charge >= 0.3 is 5.97 Å². The van der Waals surface area contributed by atoms with E-state index in [1.54, 1.807) is 18.2 Å². The number of aryl methyl sites for hydroxylation is 1. The lowest BCUT2D eigenvalue weighted by molar-refractivity contribution is -0.147. The summed E-state index contributed by atoms with van der Waals surface area (Å²) < 4.78 is 16.2. The third kappa shape index (κ3) is 6.25. The van der Waals surface area contributed by atoms with E-state index in [0.29, 0.717) is 36.8 Å². The Bertz CT molecular complexity index is 1030. The van der Waals surface area contributed by atoms with Crippen molar-refractivity contribution in [2.75, 3.05) is 25.1 Å². The highest BCUT2D eigenvalue weighted by atomic mass is 16.5. The number of ether oxygens (including phenoxy) is 3. The predicted molar refractivity (Wildman–Crippen MR) is 120 cm³/mol. The fourth-order valence-electron chi connectivity index (χ4n) is 3.31. The molecule has 2 aromatic carbocycles. The molecular weight excluding hydrogens is 396 g/mol. The zero-order valence-electron chi connectivity index (χ0n) is 17.9. The smallest absolute Gasteiger partial charge is 0.306 e. The van der Waals surface area contributed by atoms with E-state index in [-0.39, 0.29) is 13.0 Å². The van der Waals surface area contributed by atoms with Crippen LogP contribution in [-0.4, -0.2) is 36.7 Å². The number of esters is 1. The lowest BCUT2D eigenvalue weighted by Gasteiger charge is -2.13. The van der Waals surface area contributed by atoms with Gasteiger partial charge in [0.25, 0.3) is 5.91 Å². The number of aromatic nitrogens is 1. The molecule has 0 spiro atoms. The van der Waals surface area contributed by atoms with Crippen molar-refractivity contribution in [3.8, 4) is 11.5 Å². The largest absolute Gasteiger partial charge is 0.490 e. The van der Waals surface area contributed by atoms with Crippen molar-refractivity contribution in [3.63, 3.8) is 0 Å². The highest BCUT2D eigenvalue weighted by Gasteiger charge is 2.11. The maximum absolute atomic E-state index is 12.1. The molecule has 0 saturated heterocycles. The Kier molecular flexibility index (Phi) is 7.92. The van der Waals surface area contributed by atoms with Crippen LogP contribution >= 0.6 is 0 Å². The molecule has 3 rings (SSSR count). The molecule has 3 aromatic rings. The molecule has 0 aliphatic carbocycles. The lowest BCUT2D eigenvalue weighted by atomic mass is 10.1. The molecule has 31 heavy (non-hydrogen) atoms. The minimum absolute atomic E-state index is 0.254.